The monoisotopic (exact) mass is 454 g/mol. The van der Waals surface area contributed by atoms with E-state index in [1.165, 1.54) is 0 Å². The van der Waals surface area contributed by atoms with Gasteiger partial charge in [-0.05, 0) is 55.5 Å². The Kier molecular flexibility index (Phi) is 7.12. The number of hydrogen-bond acceptors (Lipinski definition) is 3. The average molecular weight is 455 g/mol. The number of rotatable bonds is 10. The zero-order chi connectivity index (χ0) is 24.1. The third-order valence-corrected chi connectivity index (χ3v) is 5.94. The van der Waals surface area contributed by atoms with E-state index in [0.717, 1.165) is 39.0 Å². The Morgan fingerprint density at radius 2 is 1.82 bits per heavy atom. The van der Waals surface area contributed by atoms with E-state index in [-0.39, 0.29) is 18.4 Å². The lowest BCUT2D eigenvalue weighted by Crippen LogP contribution is -2.06. The fourth-order valence-electron chi connectivity index (χ4n) is 4.23. The minimum atomic E-state index is -0.807. The van der Waals surface area contributed by atoms with Crippen LogP contribution in [0, 0.1) is 0 Å². The van der Waals surface area contributed by atoms with Gasteiger partial charge in [-0.2, -0.15) is 5.10 Å². The highest BCUT2D eigenvalue weighted by atomic mass is 16.5. The molecule has 1 N–H and O–H groups in total. The Morgan fingerprint density at radius 3 is 2.47 bits per heavy atom. The lowest BCUT2D eigenvalue weighted by atomic mass is 9.92. The lowest BCUT2D eigenvalue weighted by molar-refractivity contribution is -0.137. The van der Waals surface area contributed by atoms with Crippen molar-refractivity contribution in [2.75, 3.05) is 0 Å². The molecule has 0 radical (unpaired) electrons. The summed E-state index contributed by atoms with van der Waals surface area (Å²) < 4.78 is 8.11. The van der Waals surface area contributed by atoms with Crippen molar-refractivity contribution in [3.05, 3.63) is 96.6 Å². The van der Waals surface area contributed by atoms with Gasteiger partial charge in [0.1, 0.15) is 18.1 Å². The Hall–Kier alpha value is -3.86. The highest BCUT2D eigenvalue weighted by molar-refractivity contribution is 5.93. The first-order chi connectivity index (χ1) is 16.5. The maximum atomic E-state index is 11.2. The van der Waals surface area contributed by atoms with Crippen molar-refractivity contribution in [3.63, 3.8) is 0 Å². The topological polar surface area (TPSA) is 64.3 Å². The molecule has 5 heteroatoms. The quantitative estimate of drug-likeness (QED) is 0.262. The van der Waals surface area contributed by atoms with E-state index >= 15 is 0 Å². The van der Waals surface area contributed by atoms with Crippen molar-refractivity contribution in [3.8, 4) is 17.0 Å². The molecule has 1 aromatic heterocycles. The second kappa shape index (κ2) is 10.4. The van der Waals surface area contributed by atoms with Gasteiger partial charge in [0.2, 0.25) is 0 Å². The minimum absolute atomic E-state index is 0.0819. The van der Waals surface area contributed by atoms with E-state index in [2.05, 4.69) is 55.4 Å². The summed E-state index contributed by atoms with van der Waals surface area (Å²) in [5.41, 5.74) is 5.22. The Balaban J connectivity index is 1.53. The van der Waals surface area contributed by atoms with E-state index in [4.69, 9.17) is 14.9 Å². The normalized spacial score (nSPS) is 12.1. The molecule has 174 valence electrons. The molecular formula is C29H30N2O3. The third-order valence-electron chi connectivity index (χ3n) is 5.94. The number of aliphatic carboxylic acids is 1. The van der Waals surface area contributed by atoms with Crippen LogP contribution in [-0.2, 0) is 11.4 Å². The Labute approximate surface area is 200 Å². The van der Waals surface area contributed by atoms with Crippen molar-refractivity contribution >= 4 is 16.9 Å². The fourth-order valence-corrected chi connectivity index (χ4v) is 4.23. The molecule has 0 saturated heterocycles. The first-order valence-corrected chi connectivity index (χ1v) is 11.6. The third kappa shape index (κ3) is 5.20. The number of benzene rings is 3. The first-order valence-electron chi connectivity index (χ1n) is 11.6. The van der Waals surface area contributed by atoms with Crippen LogP contribution in [0.5, 0.6) is 5.75 Å². The van der Waals surface area contributed by atoms with Crippen molar-refractivity contribution in [2.45, 2.75) is 45.3 Å². The molecule has 1 unspecified atom stereocenters. The molecule has 0 aliphatic heterocycles. The number of carboxylic acid groups (broad SMARTS) is 1. The van der Waals surface area contributed by atoms with Crippen LogP contribution in [0.2, 0.25) is 0 Å². The van der Waals surface area contributed by atoms with Crippen molar-refractivity contribution in [1.29, 1.82) is 0 Å². The molecule has 4 rings (SSSR count). The number of carboxylic acids is 1. The van der Waals surface area contributed by atoms with Crippen LogP contribution in [-0.4, -0.2) is 20.9 Å². The number of hydrogen-bond donors (Lipinski definition) is 1. The molecule has 5 nitrogen and oxygen atoms in total. The van der Waals surface area contributed by atoms with Gasteiger partial charge in [-0.3, -0.25) is 9.48 Å². The standard InChI is InChI=1S/C29H30N2O3/c1-4-8-24(18-28(32)33)22-12-14-25(15-13-22)34-19-21-11-16-26-27(17-21)31(20(2)3)30-29(26)23-9-6-5-7-10-23/h4-7,9-17,20,24H,1,8,18-19H2,2-3H3,(H,32,33). The van der Waals surface area contributed by atoms with Gasteiger partial charge in [-0.1, -0.05) is 60.7 Å². The molecule has 1 heterocycles. The molecule has 3 aromatic carbocycles. The number of fused-ring (bicyclic) bond motifs is 1. The van der Waals surface area contributed by atoms with E-state index < -0.39 is 5.97 Å². The predicted octanol–water partition coefficient (Wildman–Crippen LogP) is 7.00. The van der Waals surface area contributed by atoms with Crippen LogP contribution in [0.3, 0.4) is 0 Å². The predicted molar refractivity (Wildman–Crippen MR) is 136 cm³/mol. The lowest BCUT2D eigenvalue weighted by Gasteiger charge is -2.14. The van der Waals surface area contributed by atoms with Crippen LogP contribution >= 0.6 is 0 Å². The Morgan fingerprint density at radius 1 is 1.09 bits per heavy atom. The van der Waals surface area contributed by atoms with Crippen molar-refractivity contribution < 1.29 is 14.6 Å². The van der Waals surface area contributed by atoms with Crippen LogP contribution < -0.4 is 4.74 Å². The molecule has 34 heavy (non-hydrogen) atoms. The van der Waals surface area contributed by atoms with Crippen LogP contribution in [0.1, 0.15) is 49.8 Å². The van der Waals surface area contributed by atoms with E-state index in [1.807, 2.05) is 42.5 Å². The summed E-state index contributed by atoms with van der Waals surface area (Å²) in [6.07, 6.45) is 2.47. The molecule has 0 fully saturated rings. The van der Waals surface area contributed by atoms with Crippen molar-refractivity contribution in [2.24, 2.45) is 0 Å². The summed E-state index contributed by atoms with van der Waals surface area (Å²) in [4.78, 5) is 11.2. The van der Waals surface area contributed by atoms with Crippen LogP contribution in [0.25, 0.3) is 22.2 Å². The molecule has 0 aliphatic carbocycles. The van der Waals surface area contributed by atoms with Gasteiger partial charge in [-0.15, -0.1) is 6.58 Å². The molecule has 0 spiro atoms. The molecule has 4 aromatic rings. The molecular weight excluding hydrogens is 424 g/mol. The number of ether oxygens (including phenoxy) is 1. The van der Waals surface area contributed by atoms with E-state index in [9.17, 15) is 4.79 Å². The smallest absolute Gasteiger partial charge is 0.303 e. The van der Waals surface area contributed by atoms with Gasteiger partial charge in [0.15, 0.2) is 0 Å². The molecule has 0 amide bonds. The second-order valence-corrected chi connectivity index (χ2v) is 8.78. The number of aromatic nitrogens is 2. The van der Waals surface area contributed by atoms with E-state index in [0.29, 0.717) is 13.0 Å². The average Bonchev–Trinajstić information content (AvgIpc) is 3.22. The van der Waals surface area contributed by atoms with Crippen LogP contribution in [0.4, 0.5) is 0 Å². The zero-order valence-corrected chi connectivity index (χ0v) is 19.6. The summed E-state index contributed by atoms with van der Waals surface area (Å²) in [6, 6.07) is 24.5. The second-order valence-electron chi connectivity index (χ2n) is 8.78. The molecule has 0 aliphatic rings. The largest absolute Gasteiger partial charge is 0.489 e. The summed E-state index contributed by atoms with van der Waals surface area (Å²) in [6.45, 7) is 8.45. The first kappa shape index (κ1) is 23.3. The maximum absolute atomic E-state index is 11.2. The molecule has 0 saturated carbocycles. The van der Waals surface area contributed by atoms with Gasteiger partial charge < -0.3 is 9.84 Å². The fraction of sp³-hybridized carbons (Fsp3) is 0.241. The van der Waals surface area contributed by atoms with Gasteiger partial charge >= 0.3 is 5.97 Å². The summed E-state index contributed by atoms with van der Waals surface area (Å²) >= 11 is 0. The zero-order valence-electron chi connectivity index (χ0n) is 19.6. The minimum Gasteiger partial charge on any atom is -0.489 e. The highest BCUT2D eigenvalue weighted by Gasteiger charge is 2.16. The van der Waals surface area contributed by atoms with Gasteiger partial charge in [0.25, 0.3) is 0 Å². The van der Waals surface area contributed by atoms with Crippen LogP contribution in [0.15, 0.2) is 85.5 Å². The van der Waals surface area contributed by atoms with Gasteiger partial charge in [0, 0.05) is 17.0 Å². The number of nitrogens with zero attached hydrogens (tertiary/aromatic N) is 2. The van der Waals surface area contributed by atoms with Gasteiger partial charge in [-0.25, -0.2) is 0 Å². The summed E-state index contributed by atoms with van der Waals surface area (Å²) in [5, 5.41) is 15.2. The molecule has 0 bridgehead atoms. The highest BCUT2D eigenvalue weighted by Crippen LogP contribution is 2.31. The van der Waals surface area contributed by atoms with Crippen molar-refractivity contribution in [1.82, 2.24) is 9.78 Å². The number of allylic oxidation sites excluding steroid dienone is 1. The van der Waals surface area contributed by atoms with E-state index in [1.54, 1.807) is 6.08 Å². The van der Waals surface area contributed by atoms with Gasteiger partial charge in [0.05, 0.1) is 11.9 Å². The summed E-state index contributed by atoms with van der Waals surface area (Å²) in [5.74, 6) is -0.140. The number of carbonyl (C=O) groups is 1. The summed E-state index contributed by atoms with van der Waals surface area (Å²) in [7, 11) is 0. The Bertz CT molecular complexity index is 1270. The maximum Gasteiger partial charge on any atom is 0.303 e. The molecule has 1 atom stereocenters. The SMILES string of the molecule is C=CCC(CC(=O)O)c1ccc(OCc2ccc3c(-c4ccccc4)nn(C(C)C)c3c2)cc1.